The summed E-state index contributed by atoms with van der Waals surface area (Å²) in [4.78, 5) is 16.8. The Hall–Kier alpha value is -2.14. The Morgan fingerprint density at radius 3 is 2.54 bits per heavy atom. The van der Waals surface area contributed by atoms with Crippen molar-refractivity contribution in [2.24, 2.45) is 5.73 Å². The summed E-state index contributed by atoms with van der Waals surface area (Å²) in [6.45, 7) is 0. The van der Waals surface area contributed by atoms with Crippen molar-refractivity contribution in [3.8, 4) is 11.3 Å². The summed E-state index contributed by atoms with van der Waals surface area (Å²) in [7, 11) is 0. The van der Waals surface area contributed by atoms with Gasteiger partial charge in [0.15, 0.2) is 11.7 Å². The number of carbonyl (C=O) groups excluding carboxylic acids is 1. The summed E-state index contributed by atoms with van der Waals surface area (Å²) in [6.07, 6.45) is 8.86. The summed E-state index contributed by atoms with van der Waals surface area (Å²) in [5.74, 6) is 2.04. The first-order valence-electron chi connectivity index (χ1n) is 8.81. The lowest BCUT2D eigenvalue weighted by atomic mass is 9.82. The Labute approximate surface area is 141 Å². The molecule has 0 aliphatic heterocycles. The zero-order valence-electron chi connectivity index (χ0n) is 13.8. The van der Waals surface area contributed by atoms with Gasteiger partial charge in [0, 0.05) is 17.2 Å². The second kappa shape index (κ2) is 6.06. The second-order valence-electron chi connectivity index (χ2n) is 7.09. The lowest BCUT2D eigenvalue weighted by molar-refractivity contribution is -0.122. The van der Waals surface area contributed by atoms with Crippen molar-refractivity contribution in [2.75, 3.05) is 5.32 Å². The van der Waals surface area contributed by atoms with Crippen LogP contribution < -0.4 is 11.1 Å². The fourth-order valence-electron chi connectivity index (χ4n) is 3.32. The number of anilines is 1. The third-order valence-corrected chi connectivity index (χ3v) is 5.08. The number of hydrogen-bond donors (Lipinski definition) is 2. The van der Waals surface area contributed by atoms with Gasteiger partial charge in [-0.3, -0.25) is 4.79 Å². The van der Waals surface area contributed by atoms with Gasteiger partial charge < -0.3 is 15.5 Å². The minimum Gasteiger partial charge on any atom is -0.440 e. The SMILES string of the molecule is NC1(C(=O)Nc2ccc(-c3cnc(C4CC4)o3)cc2)CCCCC1. The molecule has 1 amide bonds. The number of nitrogens with one attached hydrogen (secondary N) is 1. The summed E-state index contributed by atoms with van der Waals surface area (Å²) in [5, 5.41) is 2.95. The number of amides is 1. The van der Waals surface area contributed by atoms with E-state index in [0.29, 0.717) is 5.92 Å². The maximum absolute atomic E-state index is 12.5. The van der Waals surface area contributed by atoms with Gasteiger partial charge in [0.2, 0.25) is 5.91 Å². The Kier molecular flexibility index (Phi) is 3.88. The van der Waals surface area contributed by atoms with E-state index in [9.17, 15) is 4.79 Å². The zero-order valence-corrected chi connectivity index (χ0v) is 13.8. The van der Waals surface area contributed by atoms with Crippen LogP contribution in [0.4, 0.5) is 5.69 Å². The van der Waals surface area contributed by atoms with E-state index in [2.05, 4.69) is 10.3 Å². The predicted octanol–water partition coefficient (Wildman–Crippen LogP) is 3.82. The third-order valence-electron chi connectivity index (χ3n) is 5.08. The number of nitrogens with zero attached hydrogens (tertiary/aromatic N) is 1. The average molecular weight is 325 g/mol. The standard InChI is InChI=1S/C19H23N3O2/c20-19(10-2-1-3-11-19)18(23)22-15-8-6-13(7-9-15)16-12-21-17(24-16)14-4-5-14/h6-9,12,14H,1-5,10-11,20H2,(H,22,23). The van der Waals surface area contributed by atoms with E-state index in [1.807, 2.05) is 24.3 Å². The van der Waals surface area contributed by atoms with Crippen LogP contribution in [0.1, 0.15) is 56.8 Å². The molecule has 2 aliphatic carbocycles. The van der Waals surface area contributed by atoms with Crippen molar-refractivity contribution < 1.29 is 9.21 Å². The normalized spacial score (nSPS) is 19.9. The van der Waals surface area contributed by atoms with Gasteiger partial charge in [0.05, 0.1) is 11.7 Å². The molecule has 2 aromatic rings. The van der Waals surface area contributed by atoms with Crippen LogP contribution in [-0.4, -0.2) is 16.4 Å². The molecule has 0 spiro atoms. The zero-order chi connectivity index (χ0) is 16.6. The summed E-state index contributed by atoms with van der Waals surface area (Å²) in [5.41, 5.74) is 7.28. The molecule has 5 nitrogen and oxygen atoms in total. The van der Waals surface area contributed by atoms with Gasteiger partial charge in [-0.05, 0) is 49.9 Å². The highest BCUT2D eigenvalue weighted by Crippen LogP contribution is 2.40. The summed E-state index contributed by atoms with van der Waals surface area (Å²) < 4.78 is 5.81. The smallest absolute Gasteiger partial charge is 0.244 e. The van der Waals surface area contributed by atoms with Crippen LogP contribution in [0.2, 0.25) is 0 Å². The molecule has 4 rings (SSSR count). The Morgan fingerprint density at radius 1 is 1.17 bits per heavy atom. The Balaban J connectivity index is 1.44. The summed E-state index contributed by atoms with van der Waals surface area (Å²) >= 11 is 0. The summed E-state index contributed by atoms with van der Waals surface area (Å²) in [6, 6.07) is 7.66. The number of benzene rings is 1. The molecule has 3 N–H and O–H groups in total. The molecule has 0 unspecified atom stereocenters. The second-order valence-corrected chi connectivity index (χ2v) is 7.09. The molecule has 2 saturated carbocycles. The fraction of sp³-hybridized carbons (Fsp3) is 0.474. The van der Waals surface area contributed by atoms with E-state index in [0.717, 1.165) is 48.6 Å². The molecule has 0 atom stereocenters. The van der Waals surface area contributed by atoms with Crippen LogP contribution in [0.5, 0.6) is 0 Å². The number of aromatic nitrogens is 1. The first-order chi connectivity index (χ1) is 11.6. The first-order valence-corrected chi connectivity index (χ1v) is 8.81. The molecular weight excluding hydrogens is 302 g/mol. The van der Waals surface area contributed by atoms with E-state index in [4.69, 9.17) is 10.2 Å². The van der Waals surface area contributed by atoms with Crippen LogP contribution in [0.3, 0.4) is 0 Å². The molecule has 2 aliphatic rings. The number of oxazole rings is 1. The Bertz CT molecular complexity index is 725. The van der Waals surface area contributed by atoms with Gasteiger partial charge >= 0.3 is 0 Å². The minimum atomic E-state index is -0.721. The van der Waals surface area contributed by atoms with E-state index >= 15 is 0 Å². The van der Waals surface area contributed by atoms with Crippen molar-refractivity contribution in [1.82, 2.24) is 4.98 Å². The molecule has 0 saturated heterocycles. The average Bonchev–Trinajstić information content (AvgIpc) is 3.33. The molecule has 0 bridgehead atoms. The molecule has 0 radical (unpaired) electrons. The van der Waals surface area contributed by atoms with Gasteiger partial charge in [-0.15, -0.1) is 0 Å². The largest absolute Gasteiger partial charge is 0.440 e. The van der Waals surface area contributed by atoms with E-state index < -0.39 is 5.54 Å². The molecule has 24 heavy (non-hydrogen) atoms. The molecular formula is C19H23N3O2. The van der Waals surface area contributed by atoms with Crippen LogP contribution in [0.15, 0.2) is 34.9 Å². The number of nitrogens with two attached hydrogens (primary N) is 1. The van der Waals surface area contributed by atoms with Crippen molar-refractivity contribution in [3.05, 3.63) is 36.4 Å². The lowest BCUT2D eigenvalue weighted by Gasteiger charge is -2.31. The molecule has 1 aromatic carbocycles. The van der Waals surface area contributed by atoms with Gasteiger partial charge in [-0.2, -0.15) is 0 Å². The fourth-order valence-corrected chi connectivity index (χ4v) is 3.32. The lowest BCUT2D eigenvalue weighted by Crippen LogP contribution is -2.52. The van der Waals surface area contributed by atoms with Crippen LogP contribution in [0, 0.1) is 0 Å². The van der Waals surface area contributed by atoms with E-state index in [1.54, 1.807) is 6.20 Å². The highest BCUT2D eigenvalue weighted by Gasteiger charge is 2.35. The third kappa shape index (κ3) is 3.08. The number of carbonyl (C=O) groups is 1. The highest BCUT2D eigenvalue weighted by atomic mass is 16.4. The van der Waals surface area contributed by atoms with Crippen LogP contribution in [0.25, 0.3) is 11.3 Å². The Morgan fingerprint density at radius 2 is 1.88 bits per heavy atom. The van der Waals surface area contributed by atoms with Gasteiger partial charge in [-0.25, -0.2) is 4.98 Å². The van der Waals surface area contributed by atoms with E-state index in [-0.39, 0.29) is 5.91 Å². The molecule has 5 heteroatoms. The maximum atomic E-state index is 12.5. The van der Waals surface area contributed by atoms with Crippen LogP contribution >= 0.6 is 0 Å². The maximum Gasteiger partial charge on any atom is 0.244 e. The molecule has 2 fully saturated rings. The quantitative estimate of drug-likeness (QED) is 0.895. The topological polar surface area (TPSA) is 81.2 Å². The van der Waals surface area contributed by atoms with Crippen molar-refractivity contribution >= 4 is 11.6 Å². The van der Waals surface area contributed by atoms with Gasteiger partial charge in [-0.1, -0.05) is 19.3 Å². The van der Waals surface area contributed by atoms with E-state index in [1.165, 1.54) is 19.3 Å². The van der Waals surface area contributed by atoms with Crippen LogP contribution in [-0.2, 0) is 4.79 Å². The first kappa shape index (κ1) is 15.4. The molecule has 1 aromatic heterocycles. The van der Waals surface area contributed by atoms with Crippen molar-refractivity contribution in [1.29, 1.82) is 0 Å². The number of hydrogen-bond acceptors (Lipinski definition) is 4. The molecule has 126 valence electrons. The van der Waals surface area contributed by atoms with Crippen molar-refractivity contribution in [2.45, 2.75) is 56.4 Å². The van der Waals surface area contributed by atoms with Gasteiger partial charge in [0.1, 0.15) is 0 Å². The monoisotopic (exact) mass is 325 g/mol. The van der Waals surface area contributed by atoms with Gasteiger partial charge in [0.25, 0.3) is 0 Å². The molecule has 1 heterocycles. The van der Waals surface area contributed by atoms with Crippen molar-refractivity contribution in [3.63, 3.8) is 0 Å². The predicted molar refractivity (Wildman–Crippen MR) is 92.5 cm³/mol. The number of rotatable bonds is 4. The highest BCUT2D eigenvalue weighted by molar-refractivity contribution is 5.98. The minimum absolute atomic E-state index is 0.0781.